The molecule has 0 radical (unpaired) electrons. The third-order valence-electron chi connectivity index (χ3n) is 3.43. The Bertz CT molecular complexity index is 632. The van der Waals surface area contributed by atoms with E-state index in [9.17, 15) is 14.4 Å². The number of hydrogen-bond donors (Lipinski definition) is 2. The molecule has 0 heterocycles. The standard InChI is InChI=1S/C16H18N2O3/c1-2-3-4-9-12(19)18-14-13(17)15(20)10-7-5-6-8-11(10)16(14)21/h5-8H,2-4,9,17H2,1H3,(H,18,19). The minimum absolute atomic E-state index is 0.0970. The van der Waals surface area contributed by atoms with Crippen LogP contribution >= 0.6 is 0 Å². The van der Waals surface area contributed by atoms with Gasteiger partial charge in [-0.1, -0.05) is 44.0 Å². The Morgan fingerprint density at radius 3 is 2.33 bits per heavy atom. The van der Waals surface area contributed by atoms with E-state index in [-0.39, 0.29) is 28.4 Å². The van der Waals surface area contributed by atoms with Gasteiger partial charge in [0.2, 0.25) is 17.5 Å². The Kier molecular flexibility index (Phi) is 4.52. The molecule has 1 aromatic rings. The van der Waals surface area contributed by atoms with E-state index in [0.29, 0.717) is 6.42 Å². The first-order valence-corrected chi connectivity index (χ1v) is 7.04. The Balaban J connectivity index is 2.20. The summed E-state index contributed by atoms with van der Waals surface area (Å²) in [5, 5.41) is 2.49. The van der Waals surface area contributed by atoms with Crippen molar-refractivity contribution in [2.24, 2.45) is 5.73 Å². The van der Waals surface area contributed by atoms with Crippen LogP contribution in [0.1, 0.15) is 53.3 Å². The summed E-state index contributed by atoms with van der Waals surface area (Å²) in [6.45, 7) is 2.04. The van der Waals surface area contributed by atoms with Crippen molar-refractivity contribution in [1.82, 2.24) is 5.32 Å². The second kappa shape index (κ2) is 6.35. The molecule has 0 unspecified atom stereocenters. The number of hydrogen-bond acceptors (Lipinski definition) is 4. The molecule has 21 heavy (non-hydrogen) atoms. The van der Waals surface area contributed by atoms with E-state index >= 15 is 0 Å². The van der Waals surface area contributed by atoms with Crippen LogP contribution in [0.15, 0.2) is 35.7 Å². The molecule has 1 aliphatic carbocycles. The van der Waals surface area contributed by atoms with E-state index in [4.69, 9.17) is 5.73 Å². The van der Waals surface area contributed by atoms with E-state index in [1.54, 1.807) is 24.3 Å². The van der Waals surface area contributed by atoms with Crippen molar-refractivity contribution >= 4 is 17.5 Å². The fraction of sp³-hybridized carbons (Fsp3) is 0.312. The lowest BCUT2D eigenvalue weighted by Gasteiger charge is -2.18. The number of unbranched alkanes of at least 4 members (excludes halogenated alkanes) is 2. The zero-order valence-corrected chi connectivity index (χ0v) is 11.9. The van der Waals surface area contributed by atoms with Gasteiger partial charge >= 0.3 is 0 Å². The molecule has 0 bridgehead atoms. The summed E-state index contributed by atoms with van der Waals surface area (Å²) in [7, 11) is 0. The van der Waals surface area contributed by atoms with Gasteiger partial charge in [0.05, 0.1) is 0 Å². The van der Waals surface area contributed by atoms with E-state index in [1.165, 1.54) is 0 Å². The number of nitrogens with two attached hydrogens (primary N) is 1. The molecule has 1 amide bonds. The predicted octanol–water partition coefficient (Wildman–Crippen LogP) is 1.93. The van der Waals surface area contributed by atoms with Gasteiger partial charge in [-0.2, -0.15) is 0 Å². The summed E-state index contributed by atoms with van der Waals surface area (Å²) in [5.74, 6) is -1.12. The maximum absolute atomic E-state index is 12.3. The first kappa shape index (κ1) is 15.0. The van der Waals surface area contributed by atoms with Gasteiger partial charge < -0.3 is 11.1 Å². The number of carbonyl (C=O) groups excluding carboxylic acids is 3. The second-order valence-corrected chi connectivity index (χ2v) is 5.00. The second-order valence-electron chi connectivity index (χ2n) is 5.00. The first-order chi connectivity index (χ1) is 10.1. The fourth-order valence-corrected chi connectivity index (χ4v) is 2.26. The minimum atomic E-state index is -0.422. The van der Waals surface area contributed by atoms with Crippen LogP contribution in [-0.2, 0) is 4.79 Å². The molecule has 0 fully saturated rings. The van der Waals surface area contributed by atoms with Crippen molar-refractivity contribution in [3.05, 3.63) is 46.8 Å². The molecular weight excluding hydrogens is 268 g/mol. The fourth-order valence-electron chi connectivity index (χ4n) is 2.26. The van der Waals surface area contributed by atoms with E-state index in [0.717, 1.165) is 19.3 Å². The van der Waals surface area contributed by atoms with Crippen LogP contribution in [-0.4, -0.2) is 17.5 Å². The molecular formula is C16H18N2O3. The zero-order valence-electron chi connectivity index (χ0n) is 11.9. The van der Waals surface area contributed by atoms with Gasteiger partial charge in [-0.3, -0.25) is 14.4 Å². The van der Waals surface area contributed by atoms with Crippen LogP contribution in [0.25, 0.3) is 0 Å². The number of Topliss-reactive ketones (excluding diaryl/α,β-unsaturated/α-hetero) is 2. The first-order valence-electron chi connectivity index (χ1n) is 7.04. The molecule has 0 saturated carbocycles. The minimum Gasteiger partial charge on any atom is -0.394 e. The van der Waals surface area contributed by atoms with Crippen molar-refractivity contribution in [3.63, 3.8) is 0 Å². The van der Waals surface area contributed by atoms with E-state index in [2.05, 4.69) is 5.32 Å². The highest BCUT2D eigenvalue weighted by Crippen LogP contribution is 2.22. The predicted molar refractivity (Wildman–Crippen MR) is 78.6 cm³/mol. The molecule has 0 saturated heterocycles. The monoisotopic (exact) mass is 286 g/mol. The van der Waals surface area contributed by atoms with Crippen molar-refractivity contribution in [1.29, 1.82) is 0 Å². The summed E-state index contributed by atoms with van der Waals surface area (Å²) in [4.78, 5) is 36.3. The third-order valence-corrected chi connectivity index (χ3v) is 3.43. The van der Waals surface area contributed by atoms with Gasteiger partial charge in [0, 0.05) is 17.5 Å². The summed E-state index contributed by atoms with van der Waals surface area (Å²) >= 11 is 0. The molecule has 0 aliphatic heterocycles. The smallest absolute Gasteiger partial charge is 0.224 e. The van der Waals surface area contributed by atoms with Gasteiger partial charge in [-0.05, 0) is 6.42 Å². The SMILES string of the molecule is CCCCCC(=O)NC1=C(N)C(=O)c2ccccc2C1=O. The van der Waals surface area contributed by atoms with Crippen LogP contribution in [0.3, 0.4) is 0 Å². The lowest BCUT2D eigenvalue weighted by atomic mass is 9.90. The number of ketones is 2. The molecule has 1 aliphatic rings. The van der Waals surface area contributed by atoms with Crippen molar-refractivity contribution in [2.45, 2.75) is 32.6 Å². The molecule has 0 atom stereocenters. The quantitative estimate of drug-likeness (QED) is 0.809. The average Bonchev–Trinajstić information content (AvgIpc) is 2.49. The number of fused-ring (bicyclic) bond motifs is 1. The van der Waals surface area contributed by atoms with Crippen LogP contribution in [0.5, 0.6) is 0 Å². The molecule has 3 N–H and O–H groups in total. The largest absolute Gasteiger partial charge is 0.394 e. The highest BCUT2D eigenvalue weighted by Gasteiger charge is 2.31. The maximum Gasteiger partial charge on any atom is 0.224 e. The van der Waals surface area contributed by atoms with Gasteiger partial charge in [0.15, 0.2) is 0 Å². The molecule has 5 nitrogen and oxygen atoms in total. The van der Waals surface area contributed by atoms with Crippen molar-refractivity contribution in [3.8, 4) is 0 Å². The lowest BCUT2D eigenvalue weighted by Crippen LogP contribution is -2.36. The summed E-state index contributed by atoms with van der Waals surface area (Å²) in [6.07, 6.45) is 3.00. The van der Waals surface area contributed by atoms with Gasteiger partial charge in [0.1, 0.15) is 11.4 Å². The number of amides is 1. The molecule has 0 spiro atoms. The normalized spacial score (nSPS) is 14.1. The highest BCUT2D eigenvalue weighted by atomic mass is 16.2. The average molecular weight is 286 g/mol. The Labute approximate surface area is 123 Å². The Hall–Kier alpha value is -2.43. The maximum atomic E-state index is 12.3. The molecule has 1 aromatic carbocycles. The summed E-state index contributed by atoms with van der Waals surface area (Å²) < 4.78 is 0. The van der Waals surface area contributed by atoms with Gasteiger partial charge in [0.25, 0.3) is 0 Å². The number of nitrogens with one attached hydrogen (secondary N) is 1. The van der Waals surface area contributed by atoms with Crippen LogP contribution < -0.4 is 11.1 Å². The highest BCUT2D eigenvalue weighted by molar-refractivity contribution is 6.27. The number of benzene rings is 1. The number of rotatable bonds is 5. The number of allylic oxidation sites excluding steroid dienone is 2. The zero-order chi connectivity index (χ0) is 15.4. The number of carbonyl (C=O) groups is 3. The Morgan fingerprint density at radius 1 is 1.10 bits per heavy atom. The third kappa shape index (κ3) is 3.02. The molecule has 0 aromatic heterocycles. The van der Waals surface area contributed by atoms with Gasteiger partial charge in [-0.15, -0.1) is 0 Å². The van der Waals surface area contributed by atoms with Crippen molar-refractivity contribution < 1.29 is 14.4 Å². The van der Waals surface area contributed by atoms with Crippen LogP contribution in [0, 0.1) is 0 Å². The van der Waals surface area contributed by atoms with Crippen LogP contribution in [0.2, 0.25) is 0 Å². The van der Waals surface area contributed by atoms with E-state index < -0.39 is 11.6 Å². The van der Waals surface area contributed by atoms with Crippen LogP contribution in [0.4, 0.5) is 0 Å². The molecule has 5 heteroatoms. The topological polar surface area (TPSA) is 89.3 Å². The summed E-state index contributed by atoms with van der Waals surface area (Å²) in [5.41, 5.74) is 6.00. The van der Waals surface area contributed by atoms with E-state index in [1.807, 2.05) is 6.92 Å². The molecule has 2 rings (SSSR count). The lowest BCUT2D eigenvalue weighted by molar-refractivity contribution is -0.120. The Morgan fingerprint density at radius 2 is 1.71 bits per heavy atom. The van der Waals surface area contributed by atoms with Crippen molar-refractivity contribution in [2.75, 3.05) is 0 Å². The summed E-state index contributed by atoms with van der Waals surface area (Å²) in [6, 6.07) is 6.46. The van der Waals surface area contributed by atoms with Gasteiger partial charge in [-0.25, -0.2) is 0 Å². The molecule has 110 valence electrons.